The SMILES string of the molecule is CCCCC/C=C\C/C=C\CCCCCCCC(=S)NC(C)c1cc(C)cc(C)c1. The normalized spacial score (nSPS) is 12.7. The van der Waals surface area contributed by atoms with Gasteiger partial charge in [-0.25, -0.2) is 0 Å². The first-order valence-electron chi connectivity index (χ1n) is 12.2. The average molecular weight is 428 g/mol. The lowest BCUT2D eigenvalue weighted by Gasteiger charge is -2.17. The van der Waals surface area contributed by atoms with E-state index >= 15 is 0 Å². The molecule has 1 rings (SSSR count). The maximum atomic E-state index is 5.57. The number of hydrogen-bond donors (Lipinski definition) is 1. The molecule has 30 heavy (non-hydrogen) atoms. The molecule has 0 amide bonds. The van der Waals surface area contributed by atoms with E-state index in [1.807, 2.05) is 0 Å². The Balaban J connectivity index is 2.00. The van der Waals surface area contributed by atoms with Crippen LogP contribution in [0.1, 0.15) is 114 Å². The van der Waals surface area contributed by atoms with Gasteiger partial charge in [-0.2, -0.15) is 0 Å². The Morgan fingerprint density at radius 2 is 1.40 bits per heavy atom. The maximum absolute atomic E-state index is 5.57. The molecular weight excluding hydrogens is 382 g/mol. The molecule has 2 heteroatoms. The molecule has 1 aromatic carbocycles. The lowest BCUT2D eigenvalue weighted by molar-refractivity contribution is 0.620. The van der Waals surface area contributed by atoms with E-state index < -0.39 is 0 Å². The second-order valence-corrected chi connectivity index (χ2v) is 9.18. The van der Waals surface area contributed by atoms with Crippen LogP contribution in [0.5, 0.6) is 0 Å². The Hall–Kier alpha value is -1.41. The van der Waals surface area contributed by atoms with Crippen molar-refractivity contribution in [3.8, 4) is 0 Å². The van der Waals surface area contributed by atoms with Gasteiger partial charge < -0.3 is 5.32 Å². The van der Waals surface area contributed by atoms with Crippen LogP contribution in [0.4, 0.5) is 0 Å². The number of unbranched alkanes of at least 4 members (excludes halogenated alkanes) is 8. The number of allylic oxidation sites excluding steroid dienone is 4. The van der Waals surface area contributed by atoms with Crippen LogP contribution >= 0.6 is 12.2 Å². The van der Waals surface area contributed by atoms with E-state index in [0.29, 0.717) is 0 Å². The highest BCUT2D eigenvalue weighted by Gasteiger charge is 2.08. The summed E-state index contributed by atoms with van der Waals surface area (Å²) in [5.74, 6) is 0. The van der Waals surface area contributed by atoms with E-state index in [9.17, 15) is 0 Å². The quantitative estimate of drug-likeness (QED) is 0.160. The number of thiocarbonyl (C=S) groups is 1. The smallest absolute Gasteiger partial charge is 0.0758 e. The Bertz CT molecular complexity index is 624. The molecule has 0 aliphatic rings. The van der Waals surface area contributed by atoms with Gasteiger partial charge in [-0.1, -0.05) is 105 Å². The summed E-state index contributed by atoms with van der Waals surface area (Å²) in [5.41, 5.74) is 3.96. The third kappa shape index (κ3) is 13.7. The summed E-state index contributed by atoms with van der Waals surface area (Å²) in [6.07, 6.45) is 24.3. The molecule has 0 spiro atoms. The van der Waals surface area contributed by atoms with Crippen molar-refractivity contribution in [2.45, 2.75) is 111 Å². The standard InChI is InChI=1S/C28H45NS/c1-5-6-7-8-9-10-11-12-13-14-15-16-17-18-19-20-28(30)29-26(4)27-22-24(2)21-25(3)23-27/h9-10,12-13,21-23,26H,5-8,11,14-20H2,1-4H3,(H,29,30)/b10-9-,13-12-. The number of hydrogen-bond acceptors (Lipinski definition) is 1. The molecule has 0 fully saturated rings. The van der Waals surface area contributed by atoms with Gasteiger partial charge in [-0.3, -0.25) is 0 Å². The van der Waals surface area contributed by atoms with Crippen molar-refractivity contribution in [2.24, 2.45) is 0 Å². The topological polar surface area (TPSA) is 12.0 Å². The summed E-state index contributed by atoms with van der Waals surface area (Å²) >= 11 is 5.57. The fraction of sp³-hybridized carbons (Fsp3) is 0.607. The van der Waals surface area contributed by atoms with Crippen LogP contribution in [-0.4, -0.2) is 4.99 Å². The van der Waals surface area contributed by atoms with Gasteiger partial charge in [0.15, 0.2) is 0 Å². The van der Waals surface area contributed by atoms with Gasteiger partial charge in [0, 0.05) is 6.04 Å². The average Bonchev–Trinajstić information content (AvgIpc) is 2.70. The molecule has 0 aliphatic heterocycles. The lowest BCUT2D eigenvalue weighted by Crippen LogP contribution is -2.24. The molecule has 1 unspecified atom stereocenters. The number of rotatable bonds is 16. The zero-order chi connectivity index (χ0) is 22.0. The van der Waals surface area contributed by atoms with Gasteiger partial charge in [-0.05, 0) is 71.3 Å². The van der Waals surface area contributed by atoms with Crippen molar-refractivity contribution in [2.75, 3.05) is 0 Å². The third-order valence-electron chi connectivity index (χ3n) is 5.48. The van der Waals surface area contributed by atoms with E-state index in [4.69, 9.17) is 12.2 Å². The minimum atomic E-state index is 0.286. The van der Waals surface area contributed by atoms with E-state index in [-0.39, 0.29) is 6.04 Å². The van der Waals surface area contributed by atoms with E-state index in [1.165, 1.54) is 80.9 Å². The van der Waals surface area contributed by atoms with E-state index in [0.717, 1.165) is 17.8 Å². The van der Waals surface area contributed by atoms with E-state index in [1.54, 1.807) is 0 Å². The van der Waals surface area contributed by atoms with Gasteiger partial charge in [0.2, 0.25) is 0 Å². The molecule has 1 aromatic rings. The highest BCUT2D eigenvalue weighted by atomic mass is 32.1. The van der Waals surface area contributed by atoms with E-state index in [2.05, 4.69) is 75.5 Å². The first-order chi connectivity index (χ1) is 14.5. The van der Waals surface area contributed by atoms with Crippen LogP contribution in [0.2, 0.25) is 0 Å². The van der Waals surface area contributed by atoms with Gasteiger partial charge in [0.05, 0.1) is 4.99 Å². The minimum Gasteiger partial charge on any atom is -0.373 e. The minimum absolute atomic E-state index is 0.286. The molecule has 0 radical (unpaired) electrons. The Labute approximate surface area is 192 Å². The zero-order valence-electron chi connectivity index (χ0n) is 20.0. The highest BCUT2D eigenvalue weighted by molar-refractivity contribution is 7.80. The van der Waals surface area contributed by atoms with Crippen molar-refractivity contribution >= 4 is 17.2 Å². The first-order valence-corrected chi connectivity index (χ1v) is 12.6. The summed E-state index contributed by atoms with van der Waals surface area (Å²) < 4.78 is 0. The predicted molar refractivity (Wildman–Crippen MR) is 139 cm³/mol. The van der Waals surface area contributed by atoms with Crippen LogP contribution in [0.3, 0.4) is 0 Å². The molecule has 1 nitrogen and oxygen atoms in total. The molecule has 168 valence electrons. The molecular formula is C28H45NS. The Kier molecular flexibility index (Phi) is 15.3. The zero-order valence-corrected chi connectivity index (χ0v) is 20.8. The summed E-state index contributed by atoms with van der Waals surface area (Å²) in [4.78, 5) is 1.01. The number of aryl methyl sites for hydroxylation is 2. The van der Waals surface area contributed by atoms with Gasteiger partial charge >= 0.3 is 0 Å². The first kappa shape index (κ1) is 26.6. The number of nitrogens with one attached hydrogen (secondary N) is 1. The van der Waals surface area contributed by atoms with Crippen LogP contribution in [0.15, 0.2) is 42.5 Å². The van der Waals surface area contributed by atoms with Crippen molar-refractivity contribution < 1.29 is 0 Å². The van der Waals surface area contributed by atoms with Crippen molar-refractivity contribution in [1.29, 1.82) is 0 Å². The monoisotopic (exact) mass is 427 g/mol. The fourth-order valence-corrected chi connectivity index (χ4v) is 4.07. The van der Waals surface area contributed by atoms with Crippen LogP contribution in [0, 0.1) is 13.8 Å². The second kappa shape index (κ2) is 17.3. The van der Waals surface area contributed by atoms with Crippen LogP contribution in [-0.2, 0) is 0 Å². The summed E-state index contributed by atoms with van der Waals surface area (Å²) in [6, 6.07) is 7.02. The largest absolute Gasteiger partial charge is 0.373 e. The third-order valence-corrected chi connectivity index (χ3v) is 5.80. The highest BCUT2D eigenvalue weighted by Crippen LogP contribution is 2.17. The second-order valence-electron chi connectivity index (χ2n) is 8.69. The van der Waals surface area contributed by atoms with Gasteiger partial charge in [-0.15, -0.1) is 0 Å². The molecule has 1 atom stereocenters. The molecule has 0 bridgehead atoms. The summed E-state index contributed by atoms with van der Waals surface area (Å²) in [5, 5.41) is 3.52. The van der Waals surface area contributed by atoms with Crippen molar-refractivity contribution in [3.05, 3.63) is 59.2 Å². The molecule has 0 heterocycles. The Morgan fingerprint density at radius 3 is 2.03 bits per heavy atom. The maximum Gasteiger partial charge on any atom is 0.0758 e. The number of benzene rings is 1. The summed E-state index contributed by atoms with van der Waals surface area (Å²) in [7, 11) is 0. The van der Waals surface area contributed by atoms with Crippen molar-refractivity contribution in [3.63, 3.8) is 0 Å². The van der Waals surface area contributed by atoms with Gasteiger partial charge in [0.25, 0.3) is 0 Å². The van der Waals surface area contributed by atoms with Crippen LogP contribution < -0.4 is 5.32 Å². The van der Waals surface area contributed by atoms with Crippen LogP contribution in [0.25, 0.3) is 0 Å². The summed E-state index contributed by atoms with van der Waals surface area (Å²) in [6.45, 7) is 8.78. The molecule has 0 aliphatic carbocycles. The molecule has 0 saturated heterocycles. The molecule has 0 aromatic heterocycles. The fourth-order valence-electron chi connectivity index (χ4n) is 3.75. The van der Waals surface area contributed by atoms with Crippen molar-refractivity contribution in [1.82, 2.24) is 5.32 Å². The molecule has 1 N–H and O–H groups in total. The predicted octanol–water partition coefficient (Wildman–Crippen LogP) is 9.09. The lowest BCUT2D eigenvalue weighted by atomic mass is 10.0. The Morgan fingerprint density at radius 1 is 0.833 bits per heavy atom. The molecule has 0 saturated carbocycles. The van der Waals surface area contributed by atoms with Gasteiger partial charge in [0.1, 0.15) is 0 Å².